The van der Waals surface area contributed by atoms with Crippen LogP contribution in [-0.4, -0.2) is 38.1 Å². The zero-order valence-corrected chi connectivity index (χ0v) is 14.1. The van der Waals surface area contributed by atoms with Gasteiger partial charge in [-0.15, -0.1) is 10.2 Å². The fraction of sp³-hybridized carbons (Fsp3) is 0.250. The number of aromatic nitrogens is 4. The van der Waals surface area contributed by atoms with Gasteiger partial charge in [0.2, 0.25) is 0 Å². The molecular formula is C16H16N4O3S. The molecule has 3 rings (SSSR count). The van der Waals surface area contributed by atoms with Crippen molar-refractivity contribution in [3.8, 4) is 11.4 Å². The summed E-state index contributed by atoms with van der Waals surface area (Å²) in [5.41, 5.74) is 0.842. The number of carbonyl (C=O) groups is 1. The smallest absolute Gasteiger partial charge is 0.318 e. The Labute approximate surface area is 143 Å². The maximum Gasteiger partial charge on any atom is 0.318 e. The zero-order valence-electron chi connectivity index (χ0n) is 13.2. The topological polar surface area (TPSA) is 83.0 Å². The third-order valence-corrected chi connectivity index (χ3v) is 4.40. The van der Waals surface area contributed by atoms with Crippen LogP contribution in [0, 0.1) is 0 Å². The predicted octanol–water partition coefficient (Wildman–Crippen LogP) is 2.64. The molecule has 3 aromatic rings. The molecule has 3 aromatic heterocycles. The summed E-state index contributed by atoms with van der Waals surface area (Å²) in [7, 11) is 1.37. The number of thioether (sulfide) groups is 1. The minimum Gasteiger partial charge on any atom is -0.468 e. The lowest BCUT2D eigenvalue weighted by Gasteiger charge is -2.11. The van der Waals surface area contributed by atoms with Crippen molar-refractivity contribution < 1.29 is 13.9 Å². The Balaban J connectivity index is 1.96. The number of ether oxygens (including phenoxy) is 1. The fourth-order valence-electron chi connectivity index (χ4n) is 2.16. The van der Waals surface area contributed by atoms with Crippen LogP contribution in [0.3, 0.4) is 0 Å². The molecule has 124 valence electrons. The Kier molecular flexibility index (Phi) is 4.95. The third kappa shape index (κ3) is 3.48. The van der Waals surface area contributed by atoms with Crippen molar-refractivity contribution in [3.63, 3.8) is 0 Å². The zero-order chi connectivity index (χ0) is 16.9. The van der Waals surface area contributed by atoms with E-state index in [2.05, 4.69) is 15.2 Å². The highest BCUT2D eigenvalue weighted by molar-refractivity contribution is 8.00. The maximum absolute atomic E-state index is 11.7. The van der Waals surface area contributed by atoms with Gasteiger partial charge in [-0.1, -0.05) is 11.8 Å². The van der Waals surface area contributed by atoms with Crippen LogP contribution in [0.2, 0.25) is 0 Å². The second-order valence-electron chi connectivity index (χ2n) is 5.00. The largest absolute Gasteiger partial charge is 0.468 e. The van der Waals surface area contributed by atoms with Gasteiger partial charge in [-0.3, -0.25) is 14.3 Å². The van der Waals surface area contributed by atoms with Crippen molar-refractivity contribution in [2.24, 2.45) is 0 Å². The summed E-state index contributed by atoms with van der Waals surface area (Å²) in [5, 5.41) is 8.71. The van der Waals surface area contributed by atoms with Crippen LogP contribution in [0.1, 0.15) is 12.7 Å². The Morgan fingerprint density at radius 2 is 2.25 bits per heavy atom. The van der Waals surface area contributed by atoms with Crippen LogP contribution in [0.5, 0.6) is 0 Å². The molecule has 0 amide bonds. The molecule has 8 heteroatoms. The molecule has 1 atom stereocenters. The van der Waals surface area contributed by atoms with E-state index in [-0.39, 0.29) is 5.97 Å². The van der Waals surface area contributed by atoms with E-state index in [0.29, 0.717) is 17.5 Å². The molecule has 0 saturated heterocycles. The summed E-state index contributed by atoms with van der Waals surface area (Å²) in [6.07, 6.45) is 5.04. The summed E-state index contributed by atoms with van der Waals surface area (Å²) in [6.45, 7) is 2.23. The molecule has 0 spiro atoms. The number of nitrogens with zero attached hydrogens (tertiary/aromatic N) is 4. The van der Waals surface area contributed by atoms with Gasteiger partial charge in [0.05, 0.1) is 19.9 Å². The summed E-state index contributed by atoms with van der Waals surface area (Å²) in [4.78, 5) is 15.8. The van der Waals surface area contributed by atoms with Crippen LogP contribution in [0.4, 0.5) is 0 Å². The van der Waals surface area contributed by atoms with Gasteiger partial charge in [0.1, 0.15) is 11.0 Å². The van der Waals surface area contributed by atoms with E-state index in [9.17, 15) is 4.79 Å². The standard InChI is InChI=1S/C16H16N4O3S/c1-11(15(21)22-2)24-16-19-18-14(12-5-3-7-17-9-12)20(16)10-13-6-4-8-23-13/h3-9,11H,10H2,1-2H3. The lowest BCUT2D eigenvalue weighted by atomic mass is 10.2. The molecule has 1 unspecified atom stereocenters. The van der Waals surface area contributed by atoms with Gasteiger partial charge < -0.3 is 9.15 Å². The Hall–Kier alpha value is -2.61. The van der Waals surface area contributed by atoms with E-state index in [1.807, 2.05) is 28.8 Å². The predicted molar refractivity (Wildman–Crippen MR) is 88.4 cm³/mol. The molecule has 24 heavy (non-hydrogen) atoms. The molecule has 0 fully saturated rings. The van der Waals surface area contributed by atoms with Crippen LogP contribution in [0.25, 0.3) is 11.4 Å². The number of hydrogen-bond acceptors (Lipinski definition) is 7. The molecule has 0 aromatic carbocycles. The SMILES string of the molecule is COC(=O)C(C)Sc1nnc(-c2cccnc2)n1Cc1ccco1. The van der Waals surface area contributed by atoms with E-state index in [1.165, 1.54) is 18.9 Å². The van der Waals surface area contributed by atoms with Crippen molar-refractivity contribution >= 4 is 17.7 Å². The Bertz CT molecular complexity index is 802. The number of pyridine rings is 1. The first-order chi connectivity index (χ1) is 11.7. The fourth-order valence-corrected chi connectivity index (χ4v) is 3.03. The van der Waals surface area contributed by atoms with Gasteiger partial charge >= 0.3 is 5.97 Å². The molecule has 0 aliphatic heterocycles. The third-order valence-electron chi connectivity index (χ3n) is 3.35. The normalized spacial score (nSPS) is 12.1. The molecular weight excluding hydrogens is 328 g/mol. The summed E-state index contributed by atoms with van der Waals surface area (Å²) in [6, 6.07) is 7.46. The molecule has 0 saturated carbocycles. The molecule has 7 nitrogen and oxygen atoms in total. The molecule has 0 N–H and O–H groups in total. The average Bonchev–Trinajstić information content (AvgIpc) is 3.26. The average molecular weight is 344 g/mol. The highest BCUT2D eigenvalue weighted by Gasteiger charge is 2.21. The van der Waals surface area contributed by atoms with E-state index in [1.54, 1.807) is 25.6 Å². The molecule has 0 aliphatic carbocycles. The first-order valence-corrected chi connectivity index (χ1v) is 8.17. The second-order valence-corrected chi connectivity index (χ2v) is 6.30. The molecule has 3 heterocycles. The minimum atomic E-state index is -0.392. The first kappa shape index (κ1) is 16.3. The molecule has 0 aliphatic rings. The summed E-state index contributed by atoms with van der Waals surface area (Å²) < 4.78 is 12.1. The van der Waals surface area contributed by atoms with Crippen LogP contribution >= 0.6 is 11.8 Å². The number of esters is 1. The number of carbonyl (C=O) groups excluding carboxylic acids is 1. The van der Waals surface area contributed by atoms with E-state index in [4.69, 9.17) is 9.15 Å². The maximum atomic E-state index is 11.7. The van der Waals surface area contributed by atoms with E-state index in [0.717, 1.165) is 11.3 Å². The second kappa shape index (κ2) is 7.31. The molecule has 0 bridgehead atoms. The van der Waals surface area contributed by atoms with Crippen molar-refractivity contribution in [2.75, 3.05) is 7.11 Å². The lowest BCUT2D eigenvalue weighted by molar-refractivity contribution is -0.139. The number of methoxy groups -OCH3 is 1. The van der Waals surface area contributed by atoms with Gasteiger partial charge in [-0.2, -0.15) is 0 Å². The summed E-state index contributed by atoms with van der Waals surface area (Å²) >= 11 is 1.29. The Morgan fingerprint density at radius 3 is 2.92 bits per heavy atom. The molecule has 0 radical (unpaired) electrons. The number of hydrogen-bond donors (Lipinski definition) is 0. The highest BCUT2D eigenvalue weighted by atomic mass is 32.2. The van der Waals surface area contributed by atoms with Gasteiger partial charge in [0.15, 0.2) is 11.0 Å². The number of furan rings is 1. The van der Waals surface area contributed by atoms with E-state index >= 15 is 0 Å². The van der Waals surface area contributed by atoms with Crippen molar-refractivity contribution in [2.45, 2.75) is 23.9 Å². The first-order valence-electron chi connectivity index (χ1n) is 7.29. The van der Waals surface area contributed by atoms with Crippen LogP contribution in [0.15, 0.2) is 52.5 Å². The van der Waals surface area contributed by atoms with Crippen molar-refractivity contribution in [1.82, 2.24) is 19.7 Å². The highest BCUT2D eigenvalue weighted by Crippen LogP contribution is 2.27. The van der Waals surface area contributed by atoms with Crippen molar-refractivity contribution in [1.29, 1.82) is 0 Å². The Morgan fingerprint density at radius 1 is 1.38 bits per heavy atom. The van der Waals surface area contributed by atoms with Gasteiger partial charge in [-0.05, 0) is 31.2 Å². The van der Waals surface area contributed by atoms with Gasteiger partial charge in [0.25, 0.3) is 0 Å². The summed E-state index contributed by atoms with van der Waals surface area (Å²) in [5.74, 6) is 1.13. The quantitative estimate of drug-likeness (QED) is 0.502. The monoisotopic (exact) mass is 344 g/mol. The van der Waals surface area contributed by atoms with Gasteiger partial charge in [0, 0.05) is 18.0 Å². The van der Waals surface area contributed by atoms with Crippen molar-refractivity contribution in [3.05, 3.63) is 48.7 Å². The van der Waals surface area contributed by atoms with Crippen LogP contribution < -0.4 is 0 Å². The van der Waals surface area contributed by atoms with Gasteiger partial charge in [-0.25, -0.2) is 0 Å². The minimum absolute atomic E-state index is 0.310. The van der Waals surface area contributed by atoms with Crippen LogP contribution in [-0.2, 0) is 16.1 Å². The van der Waals surface area contributed by atoms with E-state index < -0.39 is 5.25 Å². The number of rotatable bonds is 6. The lowest BCUT2D eigenvalue weighted by Crippen LogP contribution is -2.16.